The van der Waals surface area contributed by atoms with Crippen molar-refractivity contribution < 1.29 is 34.1 Å². The zero-order valence-corrected chi connectivity index (χ0v) is 13.0. The lowest BCUT2D eigenvalue weighted by molar-refractivity contribution is -0.140. The second-order valence-corrected chi connectivity index (χ2v) is 4.13. The summed E-state index contributed by atoms with van der Waals surface area (Å²) in [5.74, 6) is -2.01. The number of carboxylic acids is 1. The Morgan fingerprint density at radius 2 is 1.68 bits per heavy atom. The summed E-state index contributed by atoms with van der Waals surface area (Å²) in [5, 5.41) is 16.9. The zero-order chi connectivity index (χ0) is 17.7. The molecular formula is C15H22O7. The number of carbonyl (C=O) groups excluding carboxylic acids is 2. The van der Waals surface area contributed by atoms with Gasteiger partial charge in [-0.3, -0.25) is 0 Å². The average molecular weight is 314 g/mol. The van der Waals surface area contributed by atoms with Gasteiger partial charge in [-0.15, -0.1) is 0 Å². The Kier molecular flexibility index (Phi) is 12.3. The fraction of sp³-hybridized carbons (Fsp3) is 0.400. The summed E-state index contributed by atoms with van der Waals surface area (Å²) in [6.45, 7) is 9.49. The van der Waals surface area contributed by atoms with Gasteiger partial charge in [0.15, 0.2) is 0 Å². The van der Waals surface area contributed by atoms with Gasteiger partial charge in [0, 0.05) is 16.7 Å². The summed E-state index contributed by atoms with van der Waals surface area (Å²) in [6, 6.07) is 0. The van der Waals surface area contributed by atoms with Gasteiger partial charge in [-0.05, 0) is 20.3 Å². The highest BCUT2D eigenvalue weighted by Crippen LogP contribution is 2.05. The van der Waals surface area contributed by atoms with Crippen LogP contribution in [0, 0.1) is 0 Å². The van der Waals surface area contributed by atoms with Gasteiger partial charge in [0.25, 0.3) is 0 Å². The van der Waals surface area contributed by atoms with Crippen molar-refractivity contribution in [3.05, 3.63) is 36.0 Å². The number of rotatable bonds is 7. The highest BCUT2D eigenvalue weighted by molar-refractivity contribution is 5.89. The van der Waals surface area contributed by atoms with Gasteiger partial charge < -0.3 is 19.7 Å². The summed E-state index contributed by atoms with van der Waals surface area (Å²) in [5.41, 5.74) is 0.734. The molecule has 0 aliphatic rings. The maximum Gasteiger partial charge on any atom is 0.333 e. The molecule has 0 fully saturated rings. The molecule has 0 aliphatic carbocycles. The smallest absolute Gasteiger partial charge is 0.333 e. The zero-order valence-electron chi connectivity index (χ0n) is 13.0. The number of hydrogen-bond donors (Lipinski definition) is 2. The number of allylic oxidation sites excluding steroid dienone is 1. The molecule has 0 aromatic heterocycles. The second kappa shape index (κ2) is 12.3. The highest BCUT2D eigenvalue weighted by atomic mass is 16.5. The maximum atomic E-state index is 11.1. The first-order valence-corrected chi connectivity index (χ1v) is 6.26. The Balaban J connectivity index is 0. The van der Waals surface area contributed by atoms with E-state index >= 15 is 0 Å². The molecule has 7 nitrogen and oxygen atoms in total. The van der Waals surface area contributed by atoms with E-state index in [2.05, 4.69) is 22.6 Å². The molecule has 7 heteroatoms. The molecule has 0 aromatic carbocycles. The molecule has 0 atom stereocenters. The standard InChI is InChI=1S/C10H14O5.C5H8O2/c1-7(9(12)13)3-4-8(2)10(14)15-6-5-11;1-4(2)5(6)7-3/h3,11H,2,4-6H2,1H3,(H,12,13);1H2,2-3H3. The molecule has 0 saturated carbocycles. The van der Waals surface area contributed by atoms with E-state index in [-0.39, 0.29) is 36.8 Å². The van der Waals surface area contributed by atoms with E-state index in [0.717, 1.165) is 0 Å². The van der Waals surface area contributed by atoms with Crippen molar-refractivity contribution in [3.63, 3.8) is 0 Å². The lowest BCUT2D eigenvalue weighted by Gasteiger charge is -2.03. The molecule has 0 saturated heterocycles. The number of hydrogen-bond acceptors (Lipinski definition) is 6. The normalized spacial score (nSPS) is 9.91. The van der Waals surface area contributed by atoms with E-state index in [1.54, 1.807) is 6.92 Å². The lowest BCUT2D eigenvalue weighted by Crippen LogP contribution is -2.10. The van der Waals surface area contributed by atoms with Gasteiger partial charge in [-0.25, -0.2) is 14.4 Å². The molecule has 0 aliphatic heterocycles. The van der Waals surface area contributed by atoms with Crippen LogP contribution < -0.4 is 0 Å². The Morgan fingerprint density at radius 1 is 1.14 bits per heavy atom. The summed E-state index contributed by atoms with van der Waals surface area (Å²) in [7, 11) is 1.33. The summed E-state index contributed by atoms with van der Waals surface area (Å²) < 4.78 is 8.85. The van der Waals surface area contributed by atoms with Crippen molar-refractivity contribution in [1.82, 2.24) is 0 Å². The third kappa shape index (κ3) is 11.4. The van der Waals surface area contributed by atoms with Crippen molar-refractivity contribution in [3.8, 4) is 0 Å². The molecule has 22 heavy (non-hydrogen) atoms. The van der Waals surface area contributed by atoms with Crippen LogP contribution in [0.15, 0.2) is 36.0 Å². The third-order valence-corrected chi connectivity index (χ3v) is 2.14. The second-order valence-electron chi connectivity index (χ2n) is 4.13. The Labute approximate surface area is 129 Å². The largest absolute Gasteiger partial charge is 0.478 e. The Morgan fingerprint density at radius 3 is 2.00 bits per heavy atom. The minimum Gasteiger partial charge on any atom is -0.478 e. The van der Waals surface area contributed by atoms with Gasteiger partial charge in [0.2, 0.25) is 0 Å². The fourth-order valence-electron chi connectivity index (χ4n) is 0.862. The van der Waals surface area contributed by atoms with Crippen molar-refractivity contribution in [1.29, 1.82) is 0 Å². The van der Waals surface area contributed by atoms with Gasteiger partial charge in [0.1, 0.15) is 6.61 Å². The van der Waals surface area contributed by atoms with E-state index in [1.165, 1.54) is 20.1 Å². The Hall–Kier alpha value is -2.41. The summed E-state index contributed by atoms with van der Waals surface area (Å²) in [6.07, 6.45) is 1.51. The average Bonchev–Trinajstić information content (AvgIpc) is 2.48. The summed E-state index contributed by atoms with van der Waals surface area (Å²) >= 11 is 0. The van der Waals surface area contributed by atoms with Crippen LogP contribution in [-0.2, 0) is 23.9 Å². The molecule has 0 aromatic rings. The molecule has 124 valence electrons. The van der Waals surface area contributed by atoms with Crippen molar-refractivity contribution in [2.45, 2.75) is 20.3 Å². The number of aliphatic hydroxyl groups excluding tert-OH is 1. The molecule has 0 heterocycles. The van der Waals surface area contributed by atoms with E-state index in [1.807, 2.05) is 0 Å². The van der Waals surface area contributed by atoms with Crippen molar-refractivity contribution in [2.75, 3.05) is 20.3 Å². The first-order chi connectivity index (χ1) is 10.2. The maximum absolute atomic E-state index is 11.1. The molecule has 0 spiro atoms. The van der Waals surface area contributed by atoms with E-state index < -0.39 is 11.9 Å². The molecule has 2 N–H and O–H groups in total. The van der Waals surface area contributed by atoms with Gasteiger partial charge in [0.05, 0.1) is 13.7 Å². The number of carbonyl (C=O) groups is 3. The lowest BCUT2D eigenvalue weighted by atomic mass is 10.1. The van der Waals surface area contributed by atoms with Crippen LogP contribution in [0.25, 0.3) is 0 Å². The Bertz CT molecular complexity index is 461. The number of ether oxygens (including phenoxy) is 2. The van der Waals surface area contributed by atoms with Crippen LogP contribution in [0.4, 0.5) is 0 Å². The monoisotopic (exact) mass is 314 g/mol. The fourth-order valence-corrected chi connectivity index (χ4v) is 0.862. The minimum absolute atomic E-state index is 0.0838. The number of carboxylic acid groups (broad SMARTS) is 1. The van der Waals surface area contributed by atoms with Crippen LogP contribution in [0.3, 0.4) is 0 Å². The van der Waals surface area contributed by atoms with E-state index in [9.17, 15) is 14.4 Å². The molecule has 0 amide bonds. The number of aliphatic hydroxyl groups is 1. The van der Waals surface area contributed by atoms with Gasteiger partial charge in [-0.2, -0.15) is 0 Å². The number of aliphatic carboxylic acids is 1. The van der Waals surface area contributed by atoms with E-state index in [4.69, 9.17) is 10.2 Å². The number of esters is 2. The molecule has 0 bridgehead atoms. The molecule has 0 rings (SSSR count). The first-order valence-electron chi connectivity index (χ1n) is 6.26. The van der Waals surface area contributed by atoms with Crippen LogP contribution >= 0.6 is 0 Å². The van der Waals surface area contributed by atoms with Crippen molar-refractivity contribution >= 4 is 17.9 Å². The highest BCUT2D eigenvalue weighted by Gasteiger charge is 2.07. The minimum atomic E-state index is -1.04. The van der Waals surface area contributed by atoms with Crippen LogP contribution in [0.5, 0.6) is 0 Å². The molecule has 0 radical (unpaired) electrons. The van der Waals surface area contributed by atoms with Crippen LogP contribution in [-0.4, -0.2) is 48.4 Å². The quantitative estimate of drug-likeness (QED) is 0.537. The van der Waals surface area contributed by atoms with Crippen LogP contribution in [0.1, 0.15) is 20.3 Å². The van der Waals surface area contributed by atoms with Gasteiger partial charge >= 0.3 is 17.9 Å². The predicted molar refractivity (Wildman–Crippen MR) is 80.0 cm³/mol. The third-order valence-electron chi connectivity index (χ3n) is 2.14. The first kappa shape index (κ1) is 21.9. The predicted octanol–water partition coefficient (Wildman–Crippen LogP) is 1.23. The van der Waals surface area contributed by atoms with Gasteiger partial charge in [-0.1, -0.05) is 19.2 Å². The van der Waals surface area contributed by atoms with Crippen molar-refractivity contribution in [2.24, 2.45) is 0 Å². The molecular weight excluding hydrogens is 292 g/mol. The molecule has 0 unspecified atom stereocenters. The number of methoxy groups -OCH3 is 1. The summed E-state index contributed by atoms with van der Waals surface area (Å²) in [4.78, 5) is 31.7. The SMILES string of the molecule is C=C(C)C(=O)OC.C=C(CC=C(C)C(=O)O)C(=O)OCCO. The van der Waals surface area contributed by atoms with Crippen LogP contribution in [0.2, 0.25) is 0 Å². The van der Waals surface area contributed by atoms with E-state index in [0.29, 0.717) is 5.57 Å². The topological polar surface area (TPSA) is 110 Å².